The number of sulfonamides is 1. The number of fused-ring (bicyclic) bond motifs is 1. The van der Waals surface area contributed by atoms with Crippen LogP contribution in [0.5, 0.6) is 0 Å². The minimum Gasteiger partial charge on any atom is -0.326 e. The van der Waals surface area contributed by atoms with Gasteiger partial charge in [0, 0.05) is 23.0 Å². The molecule has 9 heteroatoms. The van der Waals surface area contributed by atoms with Crippen molar-refractivity contribution in [3.63, 3.8) is 0 Å². The lowest BCUT2D eigenvalue weighted by atomic mass is 9.32. The molecule has 6 atom stereocenters. The summed E-state index contributed by atoms with van der Waals surface area (Å²) < 4.78 is 29.6. The first-order valence-corrected chi connectivity index (χ1v) is 13.2. The SMILES string of the molecule is N#Cc1ccc(S(=O)(=O)NC23CC4CC5(NCC(=O)N6CCC[C@H]6C#N)CC(C2)C53C4)cc1. The maximum absolute atomic E-state index is 13.3. The van der Waals surface area contributed by atoms with Crippen LogP contribution in [-0.2, 0) is 14.8 Å². The molecule has 8 nitrogen and oxygen atoms in total. The van der Waals surface area contributed by atoms with Crippen LogP contribution in [0.3, 0.4) is 0 Å². The second-order valence-corrected chi connectivity index (χ2v) is 12.4. The van der Waals surface area contributed by atoms with Gasteiger partial charge in [0.1, 0.15) is 6.04 Å². The van der Waals surface area contributed by atoms with Crippen molar-refractivity contribution in [1.29, 1.82) is 10.5 Å². The number of hydrogen-bond acceptors (Lipinski definition) is 6. The highest BCUT2D eigenvalue weighted by Crippen LogP contribution is 2.84. The Bertz CT molecular complexity index is 1220. The second kappa shape index (κ2) is 6.79. The van der Waals surface area contributed by atoms with Crippen molar-refractivity contribution in [3.05, 3.63) is 29.8 Å². The van der Waals surface area contributed by atoms with Gasteiger partial charge in [-0.15, -0.1) is 0 Å². The van der Waals surface area contributed by atoms with Gasteiger partial charge in [0.25, 0.3) is 0 Å². The van der Waals surface area contributed by atoms with Crippen LogP contribution in [0.4, 0.5) is 0 Å². The molecular weight excluding hydrogens is 438 g/mol. The second-order valence-electron chi connectivity index (χ2n) is 10.7. The molecule has 2 N–H and O–H groups in total. The molecule has 1 aliphatic heterocycles. The van der Waals surface area contributed by atoms with E-state index in [1.54, 1.807) is 4.90 Å². The van der Waals surface area contributed by atoms with E-state index in [1.165, 1.54) is 24.3 Å². The summed E-state index contributed by atoms with van der Waals surface area (Å²) in [6.07, 6.45) is 6.26. The van der Waals surface area contributed by atoms with Crippen LogP contribution < -0.4 is 10.0 Å². The van der Waals surface area contributed by atoms with E-state index in [4.69, 9.17) is 5.26 Å². The first-order chi connectivity index (χ1) is 15.8. The Balaban J connectivity index is 1.22. The van der Waals surface area contributed by atoms with Crippen molar-refractivity contribution in [3.8, 4) is 12.1 Å². The number of benzene rings is 1. The van der Waals surface area contributed by atoms with Crippen LogP contribution in [0, 0.1) is 39.9 Å². The zero-order chi connectivity index (χ0) is 23.1. The van der Waals surface area contributed by atoms with E-state index in [9.17, 15) is 18.5 Å². The third-order valence-corrected chi connectivity index (χ3v) is 11.0. The summed E-state index contributed by atoms with van der Waals surface area (Å²) in [5, 5.41) is 21.9. The van der Waals surface area contributed by atoms with Gasteiger partial charge < -0.3 is 10.2 Å². The van der Waals surface area contributed by atoms with E-state index in [2.05, 4.69) is 16.1 Å². The Labute approximate surface area is 194 Å². The molecule has 33 heavy (non-hydrogen) atoms. The molecule has 5 unspecified atom stereocenters. The van der Waals surface area contributed by atoms with E-state index in [0.717, 1.165) is 44.9 Å². The van der Waals surface area contributed by atoms with Crippen LogP contribution in [0.15, 0.2) is 29.2 Å². The zero-order valence-electron chi connectivity index (χ0n) is 18.4. The molecule has 4 saturated carbocycles. The monoisotopic (exact) mass is 465 g/mol. The Morgan fingerprint density at radius 1 is 1.09 bits per heavy atom. The van der Waals surface area contributed by atoms with E-state index < -0.39 is 15.6 Å². The summed E-state index contributed by atoms with van der Waals surface area (Å²) in [5.74, 6) is 0.899. The summed E-state index contributed by atoms with van der Waals surface area (Å²) in [4.78, 5) is 14.7. The minimum atomic E-state index is -3.72. The molecule has 5 aliphatic rings. The Morgan fingerprint density at radius 2 is 1.82 bits per heavy atom. The van der Waals surface area contributed by atoms with Crippen molar-refractivity contribution in [2.75, 3.05) is 13.1 Å². The largest absolute Gasteiger partial charge is 0.326 e. The van der Waals surface area contributed by atoms with Gasteiger partial charge in [-0.3, -0.25) is 4.79 Å². The summed E-state index contributed by atoms with van der Waals surface area (Å²) in [6, 6.07) is 9.97. The fraction of sp³-hybridized carbons (Fsp3) is 0.625. The fourth-order valence-corrected chi connectivity index (χ4v) is 9.87. The number of carbonyl (C=O) groups is 1. The van der Waals surface area contributed by atoms with E-state index in [0.29, 0.717) is 23.9 Å². The molecule has 1 heterocycles. The van der Waals surface area contributed by atoms with Crippen molar-refractivity contribution in [2.24, 2.45) is 17.3 Å². The molecule has 5 fully saturated rings. The van der Waals surface area contributed by atoms with Crippen LogP contribution in [-0.4, -0.2) is 49.4 Å². The lowest BCUT2D eigenvalue weighted by Gasteiger charge is -2.77. The number of amides is 1. The summed E-state index contributed by atoms with van der Waals surface area (Å²) in [7, 11) is -3.72. The predicted octanol–water partition coefficient (Wildman–Crippen LogP) is 1.64. The first kappa shape index (κ1) is 21.1. The number of nitrogens with one attached hydrogen (secondary N) is 2. The predicted molar refractivity (Wildman–Crippen MR) is 118 cm³/mol. The molecule has 2 bridgehead atoms. The van der Waals surface area contributed by atoms with Crippen molar-refractivity contribution in [2.45, 2.75) is 67.0 Å². The molecule has 6 rings (SSSR count). The third kappa shape index (κ3) is 2.62. The molecular formula is C24H27N5O3S. The Kier molecular flexibility index (Phi) is 4.34. The standard InChI is InChI=1S/C24H27N5O3S/c25-13-16-3-5-20(6-4-16)33(31,32)28-23-9-17-8-22(11-18(12-23)24(22,23)10-17)27-15-21(30)29-7-1-2-19(29)14-26/h3-6,17-19,27-28H,1-2,7-12,15H2/t17?,18?,19-,22?,23?,24?/m0/s1. The fourth-order valence-electron chi connectivity index (χ4n) is 8.40. The van der Waals surface area contributed by atoms with Crippen LogP contribution in [0.2, 0.25) is 0 Å². The Hall–Kier alpha value is -2.46. The molecule has 1 saturated heterocycles. The summed E-state index contributed by atoms with van der Waals surface area (Å²) in [6.45, 7) is 0.842. The topological polar surface area (TPSA) is 126 Å². The van der Waals surface area contributed by atoms with E-state index in [1.807, 2.05) is 6.07 Å². The first-order valence-electron chi connectivity index (χ1n) is 11.8. The van der Waals surface area contributed by atoms with Crippen LogP contribution in [0.25, 0.3) is 0 Å². The van der Waals surface area contributed by atoms with Crippen molar-refractivity contribution < 1.29 is 13.2 Å². The van der Waals surface area contributed by atoms with Crippen LogP contribution >= 0.6 is 0 Å². The lowest BCUT2D eigenvalue weighted by molar-refractivity contribution is -0.226. The number of nitrogens with zero attached hydrogens (tertiary/aromatic N) is 3. The quantitative estimate of drug-likeness (QED) is 0.658. The van der Waals surface area contributed by atoms with Crippen molar-refractivity contribution in [1.82, 2.24) is 14.9 Å². The van der Waals surface area contributed by atoms with Gasteiger partial charge in [-0.2, -0.15) is 10.5 Å². The average molecular weight is 466 g/mol. The van der Waals surface area contributed by atoms with Gasteiger partial charge in [-0.25, -0.2) is 13.1 Å². The number of hydrogen-bond donors (Lipinski definition) is 2. The van der Waals surface area contributed by atoms with E-state index in [-0.39, 0.29) is 34.3 Å². The van der Waals surface area contributed by atoms with Gasteiger partial charge in [0.15, 0.2) is 0 Å². The van der Waals surface area contributed by atoms with Gasteiger partial charge in [-0.05, 0) is 81.0 Å². The molecule has 0 aromatic heterocycles. The summed E-state index contributed by atoms with van der Waals surface area (Å²) in [5.41, 5.74) is -0.379. The highest BCUT2D eigenvalue weighted by molar-refractivity contribution is 7.89. The number of likely N-dealkylation sites (tertiary alicyclic amines) is 1. The Morgan fingerprint density at radius 3 is 2.52 bits per heavy atom. The van der Waals surface area contributed by atoms with Gasteiger partial charge >= 0.3 is 0 Å². The summed E-state index contributed by atoms with van der Waals surface area (Å²) >= 11 is 0. The van der Waals surface area contributed by atoms with Gasteiger partial charge in [0.2, 0.25) is 15.9 Å². The van der Waals surface area contributed by atoms with Crippen molar-refractivity contribution >= 4 is 15.9 Å². The van der Waals surface area contributed by atoms with E-state index >= 15 is 0 Å². The number of carbonyl (C=O) groups excluding carboxylic acids is 1. The smallest absolute Gasteiger partial charge is 0.241 e. The van der Waals surface area contributed by atoms with Gasteiger partial charge in [-0.1, -0.05) is 0 Å². The molecule has 172 valence electrons. The lowest BCUT2D eigenvalue weighted by Crippen LogP contribution is -2.86. The minimum absolute atomic E-state index is 0.0286. The normalized spacial score (nSPS) is 39.8. The molecule has 1 aromatic rings. The van der Waals surface area contributed by atoms with Gasteiger partial charge in [0.05, 0.1) is 29.1 Å². The molecule has 1 amide bonds. The highest BCUT2D eigenvalue weighted by atomic mass is 32.2. The maximum atomic E-state index is 13.3. The molecule has 1 spiro atoms. The third-order valence-electron chi connectivity index (χ3n) is 9.40. The number of rotatable bonds is 6. The highest BCUT2D eigenvalue weighted by Gasteiger charge is 2.87. The molecule has 0 radical (unpaired) electrons. The maximum Gasteiger partial charge on any atom is 0.241 e. The zero-order valence-corrected chi connectivity index (χ0v) is 19.2. The number of nitriles is 2. The van der Waals surface area contributed by atoms with Crippen LogP contribution in [0.1, 0.15) is 50.5 Å². The molecule has 4 aliphatic carbocycles. The molecule has 1 aromatic carbocycles. The average Bonchev–Trinajstić information content (AvgIpc) is 3.45.